The molecule has 1 aliphatic heterocycles. The molecule has 1 rings (SSSR count). The molecule has 0 aromatic rings. The zero-order valence-corrected chi connectivity index (χ0v) is 12.6. The molecule has 0 aromatic heterocycles. The molecule has 0 unspecified atom stereocenters. The molecule has 0 saturated carbocycles. The average Bonchev–Trinajstić information content (AvgIpc) is 2.50. The number of piperidine rings is 1. The summed E-state index contributed by atoms with van der Waals surface area (Å²) in [5.74, 6) is 0. The molecular formula is C15H25N3O2. The van der Waals surface area contributed by atoms with Gasteiger partial charge in [-0.3, -0.25) is 9.59 Å². The Morgan fingerprint density at radius 3 is 2.45 bits per heavy atom. The fraction of sp³-hybridized carbons (Fsp3) is 0.600. The molecule has 112 valence electrons. The highest BCUT2D eigenvalue weighted by atomic mass is 16.1. The second kappa shape index (κ2) is 8.40. The maximum Gasteiger partial charge on any atom is 0.211 e. The van der Waals surface area contributed by atoms with Crippen molar-refractivity contribution in [3.63, 3.8) is 0 Å². The minimum Gasteiger partial charge on any atom is -0.370 e. The molecule has 0 bridgehead atoms. The van der Waals surface area contributed by atoms with E-state index in [1.807, 2.05) is 30.9 Å². The predicted octanol–water partition coefficient (Wildman–Crippen LogP) is 1.48. The van der Waals surface area contributed by atoms with Crippen LogP contribution in [0, 0.1) is 0 Å². The Kier molecular flexibility index (Phi) is 6.84. The van der Waals surface area contributed by atoms with Crippen molar-refractivity contribution in [1.29, 1.82) is 0 Å². The van der Waals surface area contributed by atoms with Crippen LogP contribution in [0.4, 0.5) is 0 Å². The Labute approximate surface area is 121 Å². The lowest BCUT2D eigenvalue weighted by atomic mass is 10.0. The highest BCUT2D eigenvalue weighted by molar-refractivity contribution is 5.51. The van der Waals surface area contributed by atoms with Gasteiger partial charge in [-0.05, 0) is 32.3 Å². The first kappa shape index (κ1) is 16.3. The summed E-state index contributed by atoms with van der Waals surface area (Å²) >= 11 is 0. The van der Waals surface area contributed by atoms with Crippen LogP contribution in [0.5, 0.6) is 0 Å². The van der Waals surface area contributed by atoms with E-state index >= 15 is 0 Å². The topological polar surface area (TPSA) is 52.7 Å². The van der Waals surface area contributed by atoms with E-state index in [9.17, 15) is 9.59 Å². The number of allylic oxidation sites excluding steroid dienone is 3. The molecule has 5 heteroatoms. The Hall–Kier alpha value is -1.78. The van der Waals surface area contributed by atoms with Gasteiger partial charge in [0.1, 0.15) is 0 Å². The van der Waals surface area contributed by atoms with Crippen LogP contribution in [0.25, 0.3) is 0 Å². The van der Waals surface area contributed by atoms with Crippen molar-refractivity contribution in [3.05, 3.63) is 23.5 Å². The highest BCUT2D eigenvalue weighted by Gasteiger charge is 2.23. The molecule has 1 heterocycles. The van der Waals surface area contributed by atoms with Crippen molar-refractivity contribution >= 4 is 12.8 Å². The van der Waals surface area contributed by atoms with E-state index in [1.165, 1.54) is 0 Å². The third kappa shape index (κ3) is 4.11. The van der Waals surface area contributed by atoms with Gasteiger partial charge >= 0.3 is 0 Å². The van der Waals surface area contributed by atoms with Crippen LogP contribution in [0.1, 0.15) is 33.1 Å². The zero-order valence-electron chi connectivity index (χ0n) is 12.6. The first-order valence-corrected chi connectivity index (χ1v) is 7.16. The van der Waals surface area contributed by atoms with Crippen LogP contribution in [-0.2, 0) is 9.59 Å². The summed E-state index contributed by atoms with van der Waals surface area (Å²) in [7, 11) is 2.05. The Morgan fingerprint density at radius 1 is 1.35 bits per heavy atom. The number of rotatable bonds is 7. The van der Waals surface area contributed by atoms with E-state index in [4.69, 9.17) is 0 Å². The number of likely N-dealkylation sites (tertiary alicyclic amines) is 1. The number of carbonyl (C=O) groups is 2. The Morgan fingerprint density at radius 2 is 2.00 bits per heavy atom. The van der Waals surface area contributed by atoms with Gasteiger partial charge < -0.3 is 15.1 Å². The van der Waals surface area contributed by atoms with Gasteiger partial charge in [0.25, 0.3) is 0 Å². The fourth-order valence-electron chi connectivity index (χ4n) is 2.59. The molecule has 0 aromatic carbocycles. The summed E-state index contributed by atoms with van der Waals surface area (Å²) in [6.07, 6.45) is 8.34. The van der Waals surface area contributed by atoms with E-state index < -0.39 is 0 Å². The first-order chi connectivity index (χ1) is 9.67. The van der Waals surface area contributed by atoms with Crippen molar-refractivity contribution in [2.24, 2.45) is 0 Å². The number of likely N-dealkylation sites (N-methyl/N-ethyl adjacent to an activating group) is 1. The number of hydrogen-bond donors (Lipinski definition) is 1. The van der Waals surface area contributed by atoms with Crippen LogP contribution < -0.4 is 5.32 Å². The van der Waals surface area contributed by atoms with E-state index in [0.29, 0.717) is 6.04 Å². The Bertz CT molecular complexity index is 383. The van der Waals surface area contributed by atoms with Crippen molar-refractivity contribution in [2.45, 2.75) is 39.2 Å². The normalized spacial score (nSPS) is 17.9. The summed E-state index contributed by atoms with van der Waals surface area (Å²) in [6, 6.07) is 0.396. The van der Waals surface area contributed by atoms with Crippen LogP contribution in [-0.4, -0.2) is 48.8 Å². The maximum atomic E-state index is 10.8. The van der Waals surface area contributed by atoms with Crippen LogP contribution in [0.2, 0.25) is 0 Å². The molecule has 1 fully saturated rings. The summed E-state index contributed by atoms with van der Waals surface area (Å²) in [5, 5.41) is 2.80. The zero-order chi connectivity index (χ0) is 15.0. The lowest BCUT2D eigenvalue weighted by Gasteiger charge is -2.37. The summed E-state index contributed by atoms with van der Waals surface area (Å²) in [4.78, 5) is 25.5. The van der Waals surface area contributed by atoms with Gasteiger partial charge in [0, 0.05) is 31.9 Å². The predicted molar refractivity (Wildman–Crippen MR) is 79.8 cm³/mol. The number of nitrogens with zero attached hydrogens (tertiary/aromatic N) is 2. The molecule has 0 atom stereocenters. The monoisotopic (exact) mass is 279 g/mol. The van der Waals surface area contributed by atoms with E-state index in [2.05, 4.69) is 17.3 Å². The summed E-state index contributed by atoms with van der Waals surface area (Å²) in [5.41, 5.74) is 1.98. The second-order valence-electron chi connectivity index (χ2n) is 4.96. The smallest absolute Gasteiger partial charge is 0.211 e. The third-order valence-corrected chi connectivity index (χ3v) is 3.80. The number of carbonyl (C=O) groups excluding carboxylic acids is 2. The lowest BCUT2D eigenvalue weighted by molar-refractivity contribution is -0.119. The van der Waals surface area contributed by atoms with Crippen LogP contribution in [0.3, 0.4) is 0 Å². The Balaban J connectivity index is 2.86. The van der Waals surface area contributed by atoms with Crippen molar-refractivity contribution in [3.8, 4) is 0 Å². The second-order valence-corrected chi connectivity index (χ2v) is 4.96. The van der Waals surface area contributed by atoms with Gasteiger partial charge in [0.2, 0.25) is 12.8 Å². The minimum absolute atomic E-state index is 0.396. The van der Waals surface area contributed by atoms with Crippen molar-refractivity contribution in [2.75, 3.05) is 20.1 Å². The first-order valence-electron chi connectivity index (χ1n) is 7.16. The number of amides is 2. The largest absolute Gasteiger partial charge is 0.370 e. The van der Waals surface area contributed by atoms with Gasteiger partial charge in [-0.25, -0.2) is 0 Å². The number of nitrogens with one attached hydrogen (secondary N) is 1. The maximum absolute atomic E-state index is 10.8. The van der Waals surface area contributed by atoms with Gasteiger partial charge in [0.15, 0.2) is 0 Å². The molecule has 0 spiro atoms. The molecular weight excluding hydrogens is 254 g/mol. The average molecular weight is 279 g/mol. The van der Waals surface area contributed by atoms with E-state index in [0.717, 1.165) is 56.6 Å². The number of hydrogen-bond acceptors (Lipinski definition) is 3. The van der Waals surface area contributed by atoms with Crippen molar-refractivity contribution < 1.29 is 9.59 Å². The molecule has 0 radical (unpaired) electrons. The van der Waals surface area contributed by atoms with Gasteiger partial charge in [0.05, 0.1) is 5.70 Å². The molecule has 5 nitrogen and oxygen atoms in total. The molecule has 2 amide bonds. The molecule has 1 aliphatic rings. The third-order valence-electron chi connectivity index (χ3n) is 3.80. The molecule has 20 heavy (non-hydrogen) atoms. The minimum atomic E-state index is 0.396. The highest BCUT2D eigenvalue weighted by Crippen LogP contribution is 2.21. The molecule has 0 aliphatic carbocycles. The SMILES string of the molecule is C/C=C\C(=C(/CC)NC=O)N(C)C1CCN(C=O)CC1. The molecule has 1 N–H and O–H groups in total. The quantitative estimate of drug-likeness (QED) is 0.567. The molecule has 1 saturated heterocycles. The lowest BCUT2D eigenvalue weighted by Crippen LogP contribution is -2.42. The summed E-state index contributed by atoms with van der Waals surface area (Å²) < 4.78 is 0. The fourth-order valence-corrected chi connectivity index (χ4v) is 2.59. The van der Waals surface area contributed by atoms with Gasteiger partial charge in [-0.1, -0.05) is 13.0 Å². The van der Waals surface area contributed by atoms with Gasteiger partial charge in [-0.2, -0.15) is 0 Å². The van der Waals surface area contributed by atoms with Gasteiger partial charge in [-0.15, -0.1) is 0 Å². The summed E-state index contributed by atoms with van der Waals surface area (Å²) in [6.45, 7) is 5.59. The van der Waals surface area contributed by atoms with Crippen LogP contribution in [0.15, 0.2) is 23.5 Å². The van der Waals surface area contributed by atoms with E-state index in [1.54, 1.807) is 0 Å². The van der Waals surface area contributed by atoms with Crippen molar-refractivity contribution in [1.82, 2.24) is 15.1 Å². The standard InChI is InChI=1S/C15H25N3O2/c1-4-6-15(14(5-2)16-11-19)17(3)13-7-9-18(12-20)10-8-13/h4,6,11-13H,5,7-10H2,1-3H3,(H,16,19)/b6-4-,15-14-. The van der Waals surface area contributed by atoms with E-state index in [-0.39, 0.29) is 0 Å². The van der Waals surface area contributed by atoms with Crippen LogP contribution >= 0.6 is 0 Å².